The van der Waals surface area contributed by atoms with E-state index in [-0.39, 0.29) is 17.8 Å². The van der Waals surface area contributed by atoms with E-state index in [1.165, 1.54) is 6.26 Å². The molecule has 0 aliphatic heterocycles. The van der Waals surface area contributed by atoms with Gasteiger partial charge in [-0.3, -0.25) is 4.90 Å². The summed E-state index contributed by atoms with van der Waals surface area (Å²) in [7, 11) is -1.10. The first-order valence-corrected chi connectivity index (χ1v) is 8.50. The first kappa shape index (κ1) is 16.2. The number of nitrogens with two attached hydrogens (primary N) is 1. The lowest BCUT2D eigenvalue weighted by Gasteiger charge is -2.30. The minimum Gasteiger partial charge on any atom is -0.465 e. The third-order valence-electron chi connectivity index (χ3n) is 3.22. The van der Waals surface area contributed by atoms with Crippen LogP contribution < -0.4 is 5.73 Å². The summed E-state index contributed by atoms with van der Waals surface area (Å²) in [5, 5.41) is 0. The van der Waals surface area contributed by atoms with E-state index in [1.807, 2.05) is 37.9 Å². The monoisotopic (exact) mass is 288 g/mol. The van der Waals surface area contributed by atoms with Gasteiger partial charge in [-0.1, -0.05) is 6.92 Å². The zero-order valence-corrected chi connectivity index (χ0v) is 12.9. The highest BCUT2D eigenvalue weighted by Gasteiger charge is 2.26. The van der Waals surface area contributed by atoms with Crippen molar-refractivity contribution >= 4 is 9.84 Å². The molecule has 5 nitrogen and oxygen atoms in total. The zero-order chi connectivity index (χ0) is 14.6. The van der Waals surface area contributed by atoms with Crippen LogP contribution in [0.4, 0.5) is 0 Å². The van der Waals surface area contributed by atoms with Gasteiger partial charge in [-0.25, -0.2) is 8.42 Å². The highest BCUT2D eigenvalue weighted by molar-refractivity contribution is 7.90. The van der Waals surface area contributed by atoms with E-state index in [2.05, 4.69) is 0 Å². The molecule has 0 bridgehead atoms. The maximum absolute atomic E-state index is 11.3. The van der Waals surface area contributed by atoms with E-state index >= 15 is 0 Å². The quantitative estimate of drug-likeness (QED) is 0.819. The van der Waals surface area contributed by atoms with Crippen molar-refractivity contribution < 1.29 is 12.8 Å². The summed E-state index contributed by atoms with van der Waals surface area (Å²) in [6.07, 6.45) is 2.04. The van der Waals surface area contributed by atoms with Crippen molar-refractivity contribution in [2.45, 2.75) is 32.4 Å². The van der Waals surface area contributed by atoms with Gasteiger partial charge in [0.05, 0.1) is 11.8 Å². The molecule has 0 saturated heterocycles. The molecule has 19 heavy (non-hydrogen) atoms. The number of rotatable bonds is 7. The van der Waals surface area contributed by atoms with Gasteiger partial charge >= 0.3 is 0 Å². The standard InChI is InChI=1S/C13H24N2O3S/c1-5-11(14)13(12-7-6-10(2)18-12)15(3)8-9-19(4,16)17/h6-7,11,13H,5,8-9,14H2,1-4H3. The Kier molecular flexibility index (Phi) is 5.58. The molecule has 1 aromatic rings. The fourth-order valence-corrected chi connectivity index (χ4v) is 2.66. The van der Waals surface area contributed by atoms with Gasteiger partial charge in [-0.2, -0.15) is 0 Å². The van der Waals surface area contributed by atoms with Gasteiger partial charge in [0.25, 0.3) is 0 Å². The molecule has 6 heteroatoms. The Balaban J connectivity index is 2.85. The molecular weight excluding hydrogens is 264 g/mol. The van der Waals surface area contributed by atoms with Crippen molar-refractivity contribution in [3.8, 4) is 0 Å². The molecule has 0 fully saturated rings. The number of aryl methyl sites for hydroxylation is 1. The van der Waals surface area contributed by atoms with E-state index in [0.717, 1.165) is 17.9 Å². The second-order valence-electron chi connectivity index (χ2n) is 5.08. The van der Waals surface area contributed by atoms with Gasteiger partial charge in [0, 0.05) is 18.8 Å². The second kappa shape index (κ2) is 6.54. The molecule has 0 aliphatic carbocycles. The predicted molar refractivity (Wildman–Crippen MR) is 76.8 cm³/mol. The van der Waals surface area contributed by atoms with Gasteiger partial charge in [0.15, 0.2) is 0 Å². The molecule has 2 atom stereocenters. The second-order valence-corrected chi connectivity index (χ2v) is 7.34. The van der Waals surface area contributed by atoms with Crippen LogP contribution in [0.2, 0.25) is 0 Å². The Morgan fingerprint density at radius 2 is 2.05 bits per heavy atom. The molecule has 1 aromatic heterocycles. The average Bonchev–Trinajstić information content (AvgIpc) is 2.72. The largest absolute Gasteiger partial charge is 0.465 e. The Bertz CT molecular complexity index is 496. The van der Waals surface area contributed by atoms with Crippen LogP contribution in [0.3, 0.4) is 0 Å². The first-order chi connectivity index (χ1) is 8.74. The van der Waals surface area contributed by atoms with Crippen LogP contribution in [0.15, 0.2) is 16.5 Å². The Morgan fingerprint density at radius 1 is 1.42 bits per heavy atom. The van der Waals surface area contributed by atoms with Gasteiger partial charge in [-0.15, -0.1) is 0 Å². The van der Waals surface area contributed by atoms with Gasteiger partial charge in [0.1, 0.15) is 21.4 Å². The summed E-state index contributed by atoms with van der Waals surface area (Å²) >= 11 is 0. The van der Waals surface area contributed by atoms with Crippen LogP contribution >= 0.6 is 0 Å². The molecule has 1 heterocycles. The van der Waals surface area contributed by atoms with Crippen LogP contribution in [-0.4, -0.2) is 45.0 Å². The molecule has 110 valence electrons. The first-order valence-electron chi connectivity index (χ1n) is 6.44. The van der Waals surface area contributed by atoms with E-state index in [9.17, 15) is 8.42 Å². The normalized spacial score (nSPS) is 15.7. The van der Waals surface area contributed by atoms with Gasteiger partial charge in [-0.05, 0) is 32.5 Å². The van der Waals surface area contributed by atoms with Crippen molar-refractivity contribution in [3.63, 3.8) is 0 Å². The number of sulfone groups is 1. The molecule has 0 amide bonds. The fourth-order valence-electron chi connectivity index (χ4n) is 2.04. The number of likely N-dealkylation sites (N-methyl/N-ethyl adjacent to an activating group) is 1. The van der Waals surface area contributed by atoms with Gasteiger partial charge in [0.2, 0.25) is 0 Å². The summed E-state index contributed by atoms with van der Waals surface area (Å²) in [6.45, 7) is 4.34. The van der Waals surface area contributed by atoms with E-state index in [1.54, 1.807) is 0 Å². The minimum absolute atomic E-state index is 0.0879. The van der Waals surface area contributed by atoms with Crippen LogP contribution in [0.25, 0.3) is 0 Å². The Hall–Kier alpha value is -0.850. The van der Waals surface area contributed by atoms with Crippen molar-refractivity contribution in [2.75, 3.05) is 25.6 Å². The highest BCUT2D eigenvalue weighted by Crippen LogP contribution is 2.25. The Labute approximate surface area is 115 Å². The highest BCUT2D eigenvalue weighted by atomic mass is 32.2. The summed E-state index contributed by atoms with van der Waals surface area (Å²) < 4.78 is 28.2. The lowest BCUT2D eigenvalue weighted by Crippen LogP contribution is -2.40. The number of hydrogen-bond acceptors (Lipinski definition) is 5. The third-order valence-corrected chi connectivity index (χ3v) is 4.14. The number of hydrogen-bond donors (Lipinski definition) is 1. The topological polar surface area (TPSA) is 76.5 Å². The summed E-state index contributed by atoms with van der Waals surface area (Å²) in [5.41, 5.74) is 6.15. The molecule has 2 unspecified atom stereocenters. The molecule has 0 radical (unpaired) electrons. The van der Waals surface area contributed by atoms with E-state index in [0.29, 0.717) is 6.54 Å². The molecule has 0 aromatic carbocycles. The van der Waals surface area contributed by atoms with E-state index in [4.69, 9.17) is 10.2 Å². The van der Waals surface area contributed by atoms with Crippen LogP contribution in [-0.2, 0) is 9.84 Å². The fraction of sp³-hybridized carbons (Fsp3) is 0.692. The number of furan rings is 1. The molecule has 0 saturated carbocycles. The van der Waals surface area contributed by atoms with Crippen molar-refractivity contribution in [2.24, 2.45) is 5.73 Å². The molecule has 2 N–H and O–H groups in total. The van der Waals surface area contributed by atoms with Crippen molar-refractivity contribution in [1.29, 1.82) is 0 Å². The summed E-state index contributed by atoms with van der Waals surface area (Å²) in [6, 6.07) is 3.62. The van der Waals surface area contributed by atoms with Crippen molar-refractivity contribution in [3.05, 3.63) is 23.7 Å². The van der Waals surface area contributed by atoms with Crippen LogP contribution in [0.5, 0.6) is 0 Å². The smallest absolute Gasteiger partial charge is 0.148 e. The van der Waals surface area contributed by atoms with Crippen LogP contribution in [0.1, 0.15) is 30.9 Å². The molecule has 0 spiro atoms. The summed E-state index contributed by atoms with van der Waals surface area (Å²) in [5.74, 6) is 1.75. The maximum Gasteiger partial charge on any atom is 0.148 e. The van der Waals surface area contributed by atoms with Gasteiger partial charge < -0.3 is 10.2 Å². The van der Waals surface area contributed by atoms with E-state index < -0.39 is 9.84 Å². The predicted octanol–water partition coefficient (Wildman–Crippen LogP) is 1.34. The average molecular weight is 288 g/mol. The minimum atomic E-state index is -2.98. The maximum atomic E-state index is 11.3. The molecular formula is C13H24N2O3S. The zero-order valence-electron chi connectivity index (χ0n) is 12.1. The molecule has 0 aliphatic rings. The summed E-state index contributed by atoms with van der Waals surface area (Å²) in [4.78, 5) is 1.95. The third kappa shape index (κ3) is 4.97. The van der Waals surface area contributed by atoms with Crippen molar-refractivity contribution in [1.82, 2.24) is 4.90 Å². The lowest BCUT2D eigenvalue weighted by atomic mass is 10.0. The Morgan fingerprint density at radius 3 is 2.47 bits per heavy atom. The molecule has 1 rings (SSSR count). The van der Waals surface area contributed by atoms with Crippen LogP contribution in [0, 0.1) is 6.92 Å². The number of nitrogens with zero attached hydrogens (tertiary/aromatic N) is 1. The lowest BCUT2D eigenvalue weighted by molar-refractivity contribution is 0.190. The SMILES string of the molecule is CCC(N)C(c1ccc(C)o1)N(C)CCS(C)(=O)=O.